The van der Waals surface area contributed by atoms with Crippen LogP contribution in [0, 0.1) is 11.8 Å². The van der Waals surface area contributed by atoms with Crippen LogP contribution in [0.1, 0.15) is 6.92 Å². The maximum absolute atomic E-state index is 12.2. The Labute approximate surface area is 132 Å². The minimum absolute atomic E-state index is 0.00442. The van der Waals surface area contributed by atoms with Gasteiger partial charge in [-0.3, -0.25) is 4.79 Å². The van der Waals surface area contributed by atoms with Crippen LogP contribution < -0.4 is 10.6 Å². The zero-order valence-corrected chi connectivity index (χ0v) is 13.2. The average Bonchev–Trinajstić information content (AvgIpc) is 2.85. The molecule has 1 saturated heterocycles. The number of amides is 1. The second-order valence-electron chi connectivity index (χ2n) is 5.24. The van der Waals surface area contributed by atoms with Crippen LogP contribution in [0.25, 0.3) is 11.3 Å². The van der Waals surface area contributed by atoms with Crippen molar-refractivity contribution in [3.05, 3.63) is 34.7 Å². The van der Waals surface area contributed by atoms with Gasteiger partial charge in [-0.05, 0) is 31.1 Å². The van der Waals surface area contributed by atoms with E-state index >= 15 is 0 Å². The lowest BCUT2D eigenvalue weighted by Crippen LogP contribution is -2.48. The Bertz CT molecular complexity index is 654. The molecule has 1 fully saturated rings. The molecule has 0 bridgehead atoms. The maximum Gasteiger partial charge on any atom is 0.229 e. The van der Waals surface area contributed by atoms with Crippen molar-refractivity contribution in [2.45, 2.75) is 6.92 Å². The van der Waals surface area contributed by atoms with Crippen LogP contribution in [0.2, 0.25) is 5.02 Å². The SMILES string of the molecule is CC(C(=O)Nc1nc(-c2cccc(Cl)c2)cs1)C1CNC1. The molecule has 1 aromatic heterocycles. The largest absolute Gasteiger partial charge is 0.316 e. The summed E-state index contributed by atoms with van der Waals surface area (Å²) in [7, 11) is 0. The molecule has 4 nitrogen and oxygen atoms in total. The molecule has 1 aromatic carbocycles. The first-order valence-electron chi connectivity index (χ1n) is 6.86. The summed E-state index contributed by atoms with van der Waals surface area (Å²) in [5.41, 5.74) is 1.78. The number of rotatable bonds is 4. The van der Waals surface area contributed by atoms with Gasteiger partial charge < -0.3 is 10.6 Å². The molecule has 1 aliphatic rings. The Kier molecular flexibility index (Phi) is 4.24. The predicted octanol–water partition coefficient (Wildman–Crippen LogP) is 3.26. The predicted molar refractivity (Wildman–Crippen MR) is 86.7 cm³/mol. The molecule has 21 heavy (non-hydrogen) atoms. The highest BCUT2D eigenvalue weighted by atomic mass is 35.5. The molecule has 1 unspecified atom stereocenters. The third-order valence-corrected chi connectivity index (χ3v) is 4.78. The Morgan fingerprint density at radius 3 is 3.00 bits per heavy atom. The van der Waals surface area contributed by atoms with Gasteiger partial charge in [-0.1, -0.05) is 30.7 Å². The molecule has 0 saturated carbocycles. The number of thiazole rings is 1. The highest BCUT2D eigenvalue weighted by Crippen LogP contribution is 2.27. The highest BCUT2D eigenvalue weighted by Gasteiger charge is 2.29. The molecule has 1 aliphatic heterocycles. The van der Waals surface area contributed by atoms with E-state index in [4.69, 9.17) is 11.6 Å². The van der Waals surface area contributed by atoms with Crippen molar-refractivity contribution in [2.24, 2.45) is 11.8 Å². The van der Waals surface area contributed by atoms with Gasteiger partial charge in [0.2, 0.25) is 5.91 Å². The number of nitrogens with one attached hydrogen (secondary N) is 2. The van der Waals surface area contributed by atoms with Crippen LogP contribution in [0.15, 0.2) is 29.6 Å². The van der Waals surface area contributed by atoms with Gasteiger partial charge in [0.25, 0.3) is 0 Å². The summed E-state index contributed by atoms with van der Waals surface area (Å²) in [6.45, 7) is 3.80. The Hall–Kier alpha value is -1.43. The first-order chi connectivity index (χ1) is 10.1. The summed E-state index contributed by atoms with van der Waals surface area (Å²) in [6.07, 6.45) is 0. The van der Waals surface area contributed by atoms with Crippen LogP contribution in [0.4, 0.5) is 5.13 Å². The fourth-order valence-electron chi connectivity index (χ4n) is 2.21. The molecule has 3 rings (SSSR count). The molecule has 0 aliphatic carbocycles. The minimum atomic E-state index is 0.00442. The smallest absolute Gasteiger partial charge is 0.229 e. The number of carbonyl (C=O) groups excluding carboxylic acids is 1. The number of hydrogen-bond donors (Lipinski definition) is 2. The third-order valence-electron chi connectivity index (χ3n) is 3.79. The first-order valence-corrected chi connectivity index (χ1v) is 8.12. The molecule has 110 valence electrons. The molecule has 2 heterocycles. The molecule has 1 atom stereocenters. The van der Waals surface area contributed by atoms with Crippen molar-refractivity contribution in [1.29, 1.82) is 0 Å². The van der Waals surface area contributed by atoms with Gasteiger partial charge in [0.15, 0.2) is 5.13 Å². The third kappa shape index (κ3) is 3.26. The highest BCUT2D eigenvalue weighted by molar-refractivity contribution is 7.14. The number of anilines is 1. The zero-order valence-electron chi connectivity index (χ0n) is 11.6. The molecule has 2 N–H and O–H groups in total. The monoisotopic (exact) mass is 321 g/mol. The first kappa shape index (κ1) is 14.5. The molecule has 2 aromatic rings. The van der Waals surface area contributed by atoms with Crippen LogP contribution in [0.5, 0.6) is 0 Å². The van der Waals surface area contributed by atoms with Gasteiger partial charge in [-0.25, -0.2) is 4.98 Å². The molecule has 6 heteroatoms. The van der Waals surface area contributed by atoms with Crippen molar-refractivity contribution in [3.8, 4) is 11.3 Å². The summed E-state index contributed by atoms with van der Waals surface area (Å²) >= 11 is 7.42. The summed E-state index contributed by atoms with van der Waals surface area (Å²) in [5, 5.41) is 9.33. The molecular weight excluding hydrogens is 306 g/mol. The average molecular weight is 322 g/mol. The minimum Gasteiger partial charge on any atom is -0.316 e. The molecular formula is C15H16ClN3OS. The summed E-state index contributed by atoms with van der Waals surface area (Å²) in [5.74, 6) is 0.468. The fraction of sp³-hybridized carbons (Fsp3) is 0.333. The van der Waals surface area contributed by atoms with Crippen molar-refractivity contribution in [2.75, 3.05) is 18.4 Å². The van der Waals surface area contributed by atoms with Crippen molar-refractivity contribution < 1.29 is 4.79 Å². The quantitative estimate of drug-likeness (QED) is 0.909. The van der Waals surface area contributed by atoms with E-state index in [0.717, 1.165) is 24.3 Å². The van der Waals surface area contributed by atoms with E-state index in [0.29, 0.717) is 16.1 Å². The van der Waals surface area contributed by atoms with E-state index in [1.165, 1.54) is 11.3 Å². The summed E-state index contributed by atoms with van der Waals surface area (Å²) in [4.78, 5) is 16.6. The fourth-order valence-corrected chi connectivity index (χ4v) is 3.12. The normalized spacial score (nSPS) is 16.3. The number of nitrogens with zero attached hydrogens (tertiary/aromatic N) is 1. The Morgan fingerprint density at radius 2 is 2.33 bits per heavy atom. The van der Waals surface area contributed by atoms with E-state index in [9.17, 15) is 4.79 Å². The number of carbonyl (C=O) groups is 1. The standard InChI is InChI=1S/C15H16ClN3OS/c1-9(11-6-17-7-11)14(20)19-15-18-13(8-21-15)10-3-2-4-12(16)5-10/h2-5,8-9,11,17H,6-7H2,1H3,(H,18,19,20). The lowest BCUT2D eigenvalue weighted by Gasteiger charge is -2.31. The molecule has 1 amide bonds. The van der Waals surface area contributed by atoms with Gasteiger partial charge in [0.1, 0.15) is 0 Å². The van der Waals surface area contributed by atoms with E-state index in [-0.39, 0.29) is 11.8 Å². The van der Waals surface area contributed by atoms with Gasteiger partial charge >= 0.3 is 0 Å². The molecule has 0 radical (unpaired) electrons. The zero-order chi connectivity index (χ0) is 14.8. The van der Waals surface area contributed by atoms with E-state index < -0.39 is 0 Å². The van der Waals surface area contributed by atoms with Gasteiger partial charge in [0, 0.05) is 21.9 Å². The summed E-state index contributed by atoms with van der Waals surface area (Å²) < 4.78 is 0. The van der Waals surface area contributed by atoms with Crippen molar-refractivity contribution in [3.63, 3.8) is 0 Å². The maximum atomic E-state index is 12.2. The number of aromatic nitrogens is 1. The Morgan fingerprint density at radius 1 is 1.52 bits per heavy atom. The van der Waals surface area contributed by atoms with Gasteiger partial charge in [-0.15, -0.1) is 11.3 Å². The summed E-state index contributed by atoms with van der Waals surface area (Å²) in [6, 6.07) is 7.54. The number of benzene rings is 1. The van der Waals surface area contributed by atoms with E-state index in [2.05, 4.69) is 15.6 Å². The van der Waals surface area contributed by atoms with Crippen molar-refractivity contribution in [1.82, 2.24) is 10.3 Å². The van der Waals surface area contributed by atoms with E-state index in [1.54, 1.807) is 0 Å². The lowest BCUT2D eigenvalue weighted by atomic mass is 9.88. The molecule has 0 spiro atoms. The Balaban J connectivity index is 1.69. The number of hydrogen-bond acceptors (Lipinski definition) is 4. The van der Waals surface area contributed by atoms with Gasteiger partial charge in [-0.2, -0.15) is 0 Å². The van der Waals surface area contributed by atoms with Crippen molar-refractivity contribution >= 4 is 34.0 Å². The van der Waals surface area contributed by atoms with Gasteiger partial charge in [0.05, 0.1) is 5.69 Å². The number of halogens is 1. The second-order valence-corrected chi connectivity index (χ2v) is 6.54. The van der Waals surface area contributed by atoms with Crippen LogP contribution in [0.3, 0.4) is 0 Å². The van der Waals surface area contributed by atoms with Crippen LogP contribution in [-0.2, 0) is 4.79 Å². The lowest BCUT2D eigenvalue weighted by molar-refractivity contribution is -0.121. The second kappa shape index (κ2) is 6.13. The van der Waals surface area contributed by atoms with Crippen LogP contribution in [-0.4, -0.2) is 24.0 Å². The topological polar surface area (TPSA) is 54.0 Å². The van der Waals surface area contributed by atoms with E-state index in [1.807, 2.05) is 36.6 Å². The van der Waals surface area contributed by atoms with Crippen LogP contribution >= 0.6 is 22.9 Å².